The number of sulfonamides is 1. The first-order valence-corrected chi connectivity index (χ1v) is 13.3. The van der Waals surface area contributed by atoms with Gasteiger partial charge in [-0.1, -0.05) is 55.0 Å². The minimum atomic E-state index is -3.94. The van der Waals surface area contributed by atoms with Gasteiger partial charge in [0.2, 0.25) is 15.9 Å². The van der Waals surface area contributed by atoms with E-state index >= 15 is 0 Å². The van der Waals surface area contributed by atoms with Crippen LogP contribution in [0.3, 0.4) is 0 Å². The fourth-order valence-corrected chi connectivity index (χ4v) is 5.58. The molecule has 1 aromatic heterocycles. The number of carbonyl (C=O) groups is 1. The third-order valence-electron chi connectivity index (χ3n) is 6.41. The molecule has 7 nitrogen and oxygen atoms in total. The van der Waals surface area contributed by atoms with Gasteiger partial charge in [-0.3, -0.25) is 4.79 Å². The van der Waals surface area contributed by atoms with E-state index in [4.69, 9.17) is 0 Å². The van der Waals surface area contributed by atoms with E-state index in [1.807, 2.05) is 36.4 Å². The lowest BCUT2D eigenvalue weighted by Crippen LogP contribution is -2.49. The molecule has 1 amide bonds. The maximum Gasteiger partial charge on any atom is 0.241 e. The van der Waals surface area contributed by atoms with Gasteiger partial charge >= 0.3 is 0 Å². The van der Waals surface area contributed by atoms with Crippen LogP contribution in [0, 0.1) is 11.8 Å². The van der Waals surface area contributed by atoms with Crippen molar-refractivity contribution in [3.63, 3.8) is 0 Å². The quantitative estimate of drug-likeness (QED) is 0.492. The summed E-state index contributed by atoms with van der Waals surface area (Å²) in [6, 6.07) is 15.3. The molecule has 0 aliphatic heterocycles. The molecular weight excluding hydrogens is 460 g/mol. The van der Waals surface area contributed by atoms with Crippen molar-refractivity contribution in [3.05, 3.63) is 66.4 Å². The normalized spacial score (nSPS) is 14.8. The van der Waals surface area contributed by atoms with Crippen LogP contribution in [-0.2, 0) is 14.8 Å². The number of nitrogens with one attached hydrogen (secondary N) is 2. The molecule has 0 bridgehead atoms. The van der Waals surface area contributed by atoms with Crippen LogP contribution < -0.4 is 10.0 Å². The Labute approximate surface area is 207 Å². The zero-order valence-electron chi connectivity index (χ0n) is 20.0. The molecular formula is C27H30N4O3S. The van der Waals surface area contributed by atoms with Gasteiger partial charge < -0.3 is 10.2 Å². The zero-order valence-corrected chi connectivity index (χ0v) is 20.8. The Balaban J connectivity index is 1.58. The third kappa shape index (κ3) is 5.99. The van der Waals surface area contributed by atoms with Gasteiger partial charge in [-0.05, 0) is 47.9 Å². The van der Waals surface area contributed by atoms with E-state index in [0.717, 1.165) is 42.3 Å². The van der Waals surface area contributed by atoms with Crippen molar-refractivity contribution in [2.45, 2.75) is 49.1 Å². The lowest BCUT2D eigenvalue weighted by molar-refractivity contribution is -0.133. The van der Waals surface area contributed by atoms with Gasteiger partial charge in [0.15, 0.2) is 0 Å². The molecule has 1 heterocycles. The molecule has 1 atom stereocenters. The SMILES string of the molecule is CNc1ccc(C#CC[C@H](NS(=O)(=O)c2ccc3ccccc3c2)C(=O)N(C)C2CCCC2)cn1. The van der Waals surface area contributed by atoms with Crippen LogP contribution in [0.5, 0.6) is 0 Å². The number of benzene rings is 2. The summed E-state index contributed by atoms with van der Waals surface area (Å²) in [5, 5.41) is 4.71. The minimum absolute atomic E-state index is 0.0521. The van der Waals surface area contributed by atoms with Gasteiger partial charge in [0.05, 0.1) is 4.90 Å². The number of carbonyl (C=O) groups excluding carboxylic acids is 1. The van der Waals surface area contributed by atoms with E-state index in [9.17, 15) is 13.2 Å². The van der Waals surface area contributed by atoms with E-state index in [1.165, 1.54) is 0 Å². The molecule has 1 aliphatic rings. The lowest BCUT2D eigenvalue weighted by Gasteiger charge is -2.28. The van der Waals surface area contributed by atoms with Crippen molar-refractivity contribution in [2.75, 3.05) is 19.4 Å². The lowest BCUT2D eigenvalue weighted by atomic mass is 10.1. The summed E-state index contributed by atoms with van der Waals surface area (Å²) < 4.78 is 29.2. The number of pyridine rings is 1. The van der Waals surface area contributed by atoms with E-state index in [0.29, 0.717) is 5.56 Å². The second-order valence-electron chi connectivity index (χ2n) is 8.76. The van der Waals surface area contributed by atoms with E-state index in [-0.39, 0.29) is 23.3 Å². The first-order chi connectivity index (χ1) is 16.9. The number of rotatable bonds is 7. The Hall–Kier alpha value is -3.41. The molecule has 182 valence electrons. The predicted molar refractivity (Wildman–Crippen MR) is 138 cm³/mol. The highest BCUT2D eigenvalue weighted by atomic mass is 32.2. The predicted octanol–water partition coefficient (Wildman–Crippen LogP) is 3.77. The topological polar surface area (TPSA) is 91.4 Å². The Morgan fingerprint density at radius 1 is 1.11 bits per heavy atom. The first kappa shape index (κ1) is 24.7. The Bertz CT molecular complexity index is 1350. The first-order valence-electron chi connectivity index (χ1n) is 11.8. The smallest absolute Gasteiger partial charge is 0.241 e. The van der Waals surface area contributed by atoms with Gasteiger partial charge in [0.25, 0.3) is 0 Å². The Morgan fingerprint density at radius 3 is 2.54 bits per heavy atom. The minimum Gasteiger partial charge on any atom is -0.373 e. The van der Waals surface area contributed by atoms with Gasteiger partial charge in [0.1, 0.15) is 11.9 Å². The molecule has 1 fully saturated rings. The summed E-state index contributed by atoms with van der Waals surface area (Å²) >= 11 is 0. The highest BCUT2D eigenvalue weighted by Crippen LogP contribution is 2.24. The molecule has 0 unspecified atom stereocenters. The summed E-state index contributed by atoms with van der Waals surface area (Å²) in [5.41, 5.74) is 0.691. The average Bonchev–Trinajstić information content (AvgIpc) is 3.42. The molecule has 2 aromatic carbocycles. The summed E-state index contributed by atoms with van der Waals surface area (Å²) in [6.07, 6.45) is 5.70. The molecule has 0 saturated heterocycles. The van der Waals surface area contributed by atoms with E-state index in [1.54, 1.807) is 43.4 Å². The number of aromatic nitrogens is 1. The van der Waals surface area contributed by atoms with Crippen molar-refractivity contribution in [2.24, 2.45) is 0 Å². The molecule has 4 rings (SSSR count). The van der Waals surface area contributed by atoms with Crippen LogP contribution in [0.15, 0.2) is 65.7 Å². The van der Waals surface area contributed by atoms with Crippen LogP contribution in [-0.4, -0.2) is 50.4 Å². The van der Waals surface area contributed by atoms with Crippen LogP contribution in [0.4, 0.5) is 5.82 Å². The Morgan fingerprint density at radius 2 is 1.86 bits per heavy atom. The van der Waals surface area contributed by atoms with Gasteiger partial charge in [-0.25, -0.2) is 13.4 Å². The number of hydrogen-bond donors (Lipinski definition) is 2. The van der Waals surface area contributed by atoms with Crippen molar-refractivity contribution in [1.82, 2.24) is 14.6 Å². The second-order valence-corrected chi connectivity index (χ2v) is 10.5. The molecule has 0 radical (unpaired) electrons. The van der Waals surface area contributed by atoms with E-state index < -0.39 is 16.1 Å². The number of hydrogen-bond acceptors (Lipinski definition) is 5. The monoisotopic (exact) mass is 490 g/mol. The highest BCUT2D eigenvalue weighted by molar-refractivity contribution is 7.89. The standard InChI is InChI=1S/C27H30N4O3S/c1-28-26-17-14-20(19-29-26)8-7-13-25(27(32)31(2)23-11-5-6-12-23)30-35(33,34)24-16-15-21-9-3-4-10-22(21)18-24/h3-4,9-10,14-19,23,25,30H,5-6,11-13H2,1-2H3,(H,28,29)/t25-/m0/s1. The third-order valence-corrected chi connectivity index (χ3v) is 7.87. The molecule has 1 saturated carbocycles. The van der Waals surface area contributed by atoms with Crippen molar-refractivity contribution in [1.29, 1.82) is 0 Å². The molecule has 2 N–H and O–H groups in total. The summed E-state index contributed by atoms with van der Waals surface area (Å²) in [6.45, 7) is 0. The number of nitrogens with zero attached hydrogens (tertiary/aromatic N) is 2. The van der Waals surface area contributed by atoms with Gasteiger partial charge in [0, 0.05) is 38.3 Å². The van der Waals surface area contributed by atoms with Gasteiger partial charge in [-0.2, -0.15) is 4.72 Å². The molecule has 1 aliphatic carbocycles. The van der Waals surface area contributed by atoms with Crippen LogP contribution >= 0.6 is 0 Å². The average molecular weight is 491 g/mol. The second kappa shape index (κ2) is 10.9. The highest BCUT2D eigenvalue weighted by Gasteiger charge is 2.31. The number of fused-ring (bicyclic) bond motifs is 1. The number of anilines is 1. The molecule has 0 spiro atoms. The summed E-state index contributed by atoms with van der Waals surface area (Å²) in [5.74, 6) is 6.44. The van der Waals surface area contributed by atoms with Crippen molar-refractivity contribution in [3.8, 4) is 11.8 Å². The number of amides is 1. The van der Waals surface area contributed by atoms with Crippen LogP contribution in [0.1, 0.15) is 37.7 Å². The largest absolute Gasteiger partial charge is 0.373 e. The fourth-order valence-electron chi connectivity index (χ4n) is 4.36. The Kier molecular flexibility index (Phi) is 7.69. The zero-order chi connectivity index (χ0) is 24.8. The fraction of sp³-hybridized carbons (Fsp3) is 0.333. The van der Waals surface area contributed by atoms with Crippen LogP contribution in [0.25, 0.3) is 10.8 Å². The summed E-state index contributed by atoms with van der Waals surface area (Å²) in [4.78, 5) is 19.4. The van der Waals surface area contributed by atoms with E-state index in [2.05, 4.69) is 26.9 Å². The van der Waals surface area contributed by atoms with Crippen LogP contribution in [0.2, 0.25) is 0 Å². The summed E-state index contributed by atoms with van der Waals surface area (Å²) in [7, 11) is -0.405. The molecule has 3 aromatic rings. The molecule has 35 heavy (non-hydrogen) atoms. The number of likely N-dealkylation sites (N-methyl/N-ethyl adjacent to an activating group) is 1. The maximum atomic E-state index is 13.4. The molecule has 8 heteroatoms. The van der Waals surface area contributed by atoms with Crippen molar-refractivity contribution >= 4 is 32.5 Å². The maximum absolute atomic E-state index is 13.4. The van der Waals surface area contributed by atoms with Gasteiger partial charge in [-0.15, -0.1) is 0 Å². The van der Waals surface area contributed by atoms with Crippen molar-refractivity contribution < 1.29 is 13.2 Å².